The molecule has 168 valence electrons. The smallest absolute Gasteiger partial charge is 0.244 e. The molecule has 0 radical (unpaired) electrons. The average molecular weight is 459 g/mol. The Morgan fingerprint density at radius 2 is 1.70 bits per heavy atom. The lowest BCUT2D eigenvalue weighted by Crippen LogP contribution is -2.28. The minimum absolute atomic E-state index is 0.0374. The molecule has 1 aromatic heterocycles. The molecule has 0 saturated heterocycles. The lowest BCUT2D eigenvalue weighted by atomic mass is 10.1. The average Bonchev–Trinajstić information content (AvgIpc) is 3.17. The number of para-hydroxylation sites is 3. The molecule has 1 heterocycles. The van der Waals surface area contributed by atoms with E-state index in [1.807, 2.05) is 91.2 Å². The molecule has 6 nitrogen and oxygen atoms in total. The number of aryl methyl sites for hydroxylation is 1. The fraction of sp³-hybridized carbons (Fsp3) is 0.192. The summed E-state index contributed by atoms with van der Waals surface area (Å²) in [6, 6.07) is 23.1. The number of rotatable bonds is 7. The first-order chi connectivity index (χ1) is 15.9. The van der Waals surface area contributed by atoms with Crippen molar-refractivity contribution in [2.75, 3.05) is 23.0 Å². The van der Waals surface area contributed by atoms with Crippen molar-refractivity contribution < 1.29 is 9.59 Å². The Morgan fingerprint density at radius 3 is 2.48 bits per heavy atom. The molecule has 3 aromatic carbocycles. The van der Waals surface area contributed by atoms with Crippen LogP contribution in [-0.4, -0.2) is 34.2 Å². The summed E-state index contributed by atoms with van der Waals surface area (Å²) in [5.74, 6) is 0.0407. The van der Waals surface area contributed by atoms with Crippen molar-refractivity contribution in [1.29, 1.82) is 0 Å². The molecule has 0 spiro atoms. The van der Waals surface area contributed by atoms with E-state index < -0.39 is 0 Å². The van der Waals surface area contributed by atoms with Crippen LogP contribution in [0.4, 0.5) is 11.4 Å². The van der Waals surface area contributed by atoms with Gasteiger partial charge in [-0.25, -0.2) is 4.98 Å². The van der Waals surface area contributed by atoms with Crippen molar-refractivity contribution in [2.45, 2.75) is 25.5 Å². The fourth-order valence-electron chi connectivity index (χ4n) is 3.55. The van der Waals surface area contributed by atoms with Gasteiger partial charge in [-0.15, -0.1) is 0 Å². The highest BCUT2D eigenvalue weighted by atomic mass is 32.2. The standard InChI is InChI=1S/C26H26N4O2S/c1-18-10-9-14-21(19(18)2)27-24(31)16-30-23-15-8-7-13-22(23)28-26(30)33-17-25(32)29(3)20-11-5-4-6-12-20/h4-15H,16-17H2,1-3H3,(H,27,31). The molecular formula is C26H26N4O2S. The first-order valence-electron chi connectivity index (χ1n) is 10.7. The lowest BCUT2D eigenvalue weighted by Gasteiger charge is -2.17. The molecular weight excluding hydrogens is 432 g/mol. The number of imidazole rings is 1. The zero-order valence-electron chi connectivity index (χ0n) is 18.9. The summed E-state index contributed by atoms with van der Waals surface area (Å²) in [5, 5.41) is 3.65. The van der Waals surface area contributed by atoms with Gasteiger partial charge < -0.3 is 14.8 Å². The molecule has 0 unspecified atom stereocenters. The zero-order valence-corrected chi connectivity index (χ0v) is 19.7. The molecule has 4 rings (SSSR count). The number of carbonyl (C=O) groups is 2. The third kappa shape index (κ3) is 5.09. The summed E-state index contributed by atoms with van der Waals surface area (Å²) < 4.78 is 1.87. The topological polar surface area (TPSA) is 67.2 Å². The number of anilines is 2. The summed E-state index contributed by atoms with van der Waals surface area (Å²) in [5.41, 5.74) is 5.47. The van der Waals surface area contributed by atoms with E-state index in [-0.39, 0.29) is 24.1 Å². The number of nitrogens with one attached hydrogen (secondary N) is 1. The third-order valence-electron chi connectivity index (χ3n) is 5.64. The number of benzene rings is 3. The minimum atomic E-state index is -0.138. The number of nitrogens with zero attached hydrogens (tertiary/aromatic N) is 3. The van der Waals surface area contributed by atoms with E-state index >= 15 is 0 Å². The quantitative estimate of drug-likeness (QED) is 0.394. The molecule has 0 aliphatic carbocycles. The van der Waals surface area contributed by atoms with Crippen LogP contribution in [0.25, 0.3) is 11.0 Å². The summed E-state index contributed by atoms with van der Waals surface area (Å²) in [6.07, 6.45) is 0. The van der Waals surface area contributed by atoms with Crippen LogP contribution in [-0.2, 0) is 16.1 Å². The van der Waals surface area contributed by atoms with Crippen molar-refractivity contribution in [2.24, 2.45) is 0 Å². The van der Waals surface area contributed by atoms with E-state index in [1.54, 1.807) is 11.9 Å². The number of amides is 2. The van der Waals surface area contributed by atoms with Gasteiger partial charge >= 0.3 is 0 Å². The lowest BCUT2D eigenvalue weighted by molar-refractivity contribution is -0.117. The SMILES string of the molecule is Cc1cccc(NC(=O)Cn2c(SCC(=O)N(C)c3ccccc3)nc3ccccc32)c1C. The maximum absolute atomic E-state index is 12.9. The number of hydrogen-bond donors (Lipinski definition) is 1. The maximum atomic E-state index is 12.9. The van der Waals surface area contributed by atoms with E-state index in [9.17, 15) is 9.59 Å². The van der Waals surface area contributed by atoms with Crippen LogP contribution in [0, 0.1) is 13.8 Å². The molecule has 0 bridgehead atoms. The van der Waals surface area contributed by atoms with Gasteiger partial charge in [-0.1, -0.05) is 54.2 Å². The Morgan fingerprint density at radius 1 is 0.970 bits per heavy atom. The predicted octanol–water partition coefficient (Wildman–Crippen LogP) is 5.05. The fourth-order valence-corrected chi connectivity index (χ4v) is 4.48. The molecule has 33 heavy (non-hydrogen) atoms. The molecule has 0 atom stereocenters. The van der Waals surface area contributed by atoms with Crippen LogP contribution >= 0.6 is 11.8 Å². The van der Waals surface area contributed by atoms with Crippen LogP contribution in [0.1, 0.15) is 11.1 Å². The Balaban J connectivity index is 1.52. The number of aromatic nitrogens is 2. The monoisotopic (exact) mass is 458 g/mol. The highest BCUT2D eigenvalue weighted by Crippen LogP contribution is 2.25. The molecule has 2 amide bonds. The Hall–Kier alpha value is -3.58. The minimum Gasteiger partial charge on any atom is -0.324 e. The summed E-state index contributed by atoms with van der Waals surface area (Å²) in [4.78, 5) is 32.0. The van der Waals surface area contributed by atoms with E-state index in [4.69, 9.17) is 0 Å². The highest BCUT2D eigenvalue weighted by molar-refractivity contribution is 7.99. The van der Waals surface area contributed by atoms with Crippen molar-refractivity contribution in [3.05, 3.63) is 83.9 Å². The predicted molar refractivity (Wildman–Crippen MR) is 135 cm³/mol. The van der Waals surface area contributed by atoms with Gasteiger partial charge in [0.25, 0.3) is 0 Å². The van der Waals surface area contributed by atoms with Crippen LogP contribution < -0.4 is 10.2 Å². The van der Waals surface area contributed by atoms with Crippen LogP contribution in [0.3, 0.4) is 0 Å². The second-order valence-electron chi connectivity index (χ2n) is 7.84. The summed E-state index contributed by atoms with van der Waals surface area (Å²) in [7, 11) is 1.76. The van der Waals surface area contributed by atoms with Crippen LogP contribution in [0.5, 0.6) is 0 Å². The van der Waals surface area contributed by atoms with Gasteiger partial charge in [0.05, 0.1) is 16.8 Å². The Kier molecular flexibility index (Phi) is 6.79. The molecule has 7 heteroatoms. The van der Waals surface area contributed by atoms with Crippen molar-refractivity contribution in [3.8, 4) is 0 Å². The molecule has 0 saturated carbocycles. The highest BCUT2D eigenvalue weighted by Gasteiger charge is 2.18. The van der Waals surface area contributed by atoms with E-state index in [1.165, 1.54) is 11.8 Å². The molecule has 0 fully saturated rings. The van der Waals surface area contributed by atoms with Gasteiger partial charge in [-0.3, -0.25) is 9.59 Å². The van der Waals surface area contributed by atoms with E-state index in [0.29, 0.717) is 5.16 Å². The Labute approximate surface area is 197 Å². The number of hydrogen-bond acceptors (Lipinski definition) is 4. The normalized spacial score (nSPS) is 10.9. The summed E-state index contributed by atoms with van der Waals surface area (Å²) in [6.45, 7) is 4.12. The number of thioether (sulfide) groups is 1. The molecule has 4 aromatic rings. The third-order valence-corrected chi connectivity index (χ3v) is 6.60. The number of fused-ring (bicyclic) bond motifs is 1. The number of carbonyl (C=O) groups excluding carboxylic acids is 2. The maximum Gasteiger partial charge on any atom is 0.244 e. The van der Waals surface area contributed by atoms with Gasteiger partial charge in [0, 0.05) is 18.4 Å². The van der Waals surface area contributed by atoms with Gasteiger partial charge in [-0.05, 0) is 55.3 Å². The van der Waals surface area contributed by atoms with E-state index in [0.717, 1.165) is 33.5 Å². The van der Waals surface area contributed by atoms with Crippen molar-refractivity contribution in [1.82, 2.24) is 9.55 Å². The second kappa shape index (κ2) is 9.92. The first kappa shape index (κ1) is 22.6. The Bertz CT molecular complexity index is 1300. The molecule has 1 N–H and O–H groups in total. The van der Waals surface area contributed by atoms with Gasteiger partial charge in [-0.2, -0.15) is 0 Å². The first-order valence-corrected chi connectivity index (χ1v) is 11.7. The van der Waals surface area contributed by atoms with Crippen molar-refractivity contribution in [3.63, 3.8) is 0 Å². The van der Waals surface area contributed by atoms with Gasteiger partial charge in [0.15, 0.2) is 5.16 Å². The summed E-state index contributed by atoms with van der Waals surface area (Å²) >= 11 is 1.34. The molecule has 0 aliphatic heterocycles. The largest absolute Gasteiger partial charge is 0.324 e. The van der Waals surface area contributed by atoms with Crippen LogP contribution in [0.15, 0.2) is 78.0 Å². The second-order valence-corrected chi connectivity index (χ2v) is 8.78. The van der Waals surface area contributed by atoms with Crippen LogP contribution in [0.2, 0.25) is 0 Å². The molecule has 0 aliphatic rings. The zero-order chi connectivity index (χ0) is 23.4. The van der Waals surface area contributed by atoms with Crippen molar-refractivity contribution >= 4 is 46.0 Å². The van der Waals surface area contributed by atoms with Gasteiger partial charge in [0.1, 0.15) is 6.54 Å². The van der Waals surface area contributed by atoms with E-state index in [2.05, 4.69) is 10.3 Å². The van der Waals surface area contributed by atoms with Gasteiger partial charge in [0.2, 0.25) is 11.8 Å².